The number of aromatic nitrogens is 3. The molecule has 0 atom stereocenters. The first-order valence-corrected chi connectivity index (χ1v) is 5.17. The topological polar surface area (TPSA) is 72.2 Å². The Labute approximate surface area is 92.6 Å². The minimum atomic E-state index is -0.202. The first-order chi connectivity index (χ1) is 7.59. The number of nitrogens with one attached hydrogen (secondary N) is 1. The van der Waals surface area contributed by atoms with Crippen molar-refractivity contribution in [1.29, 1.82) is 0 Å². The van der Waals surface area contributed by atoms with Crippen LogP contribution < -0.4 is 11.0 Å². The number of nitrogens with zero attached hydrogens (tertiary/aromatic N) is 4. The summed E-state index contributed by atoms with van der Waals surface area (Å²) in [4.78, 5) is 24.8. The second kappa shape index (κ2) is 4.09. The van der Waals surface area contributed by atoms with Gasteiger partial charge in [0, 0.05) is 27.2 Å². The number of hydrogen-bond acceptors (Lipinski definition) is 4. The molecule has 88 valence electrons. The van der Waals surface area contributed by atoms with E-state index in [9.17, 15) is 9.59 Å². The van der Waals surface area contributed by atoms with Gasteiger partial charge in [-0.2, -0.15) is 5.10 Å². The van der Waals surface area contributed by atoms with Crippen LogP contribution in [0.5, 0.6) is 0 Å². The van der Waals surface area contributed by atoms with Crippen molar-refractivity contribution in [2.24, 2.45) is 0 Å². The third kappa shape index (κ3) is 1.85. The fourth-order valence-electron chi connectivity index (χ4n) is 1.60. The molecule has 0 aliphatic carbocycles. The van der Waals surface area contributed by atoms with Crippen LogP contribution in [-0.2, 0) is 24.4 Å². The summed E-state index contributed by atoms with van der Waals surface area (Å²) in [6.45, 7) is 1.97. The quantitative estimate of drug-likeness (QED) is 0.647. The highest BCUT2D eigenvalue weighted by atomic mass is 16.2. The summed E-state index contributed by atoms with van der Waals surface area (Å²) in [5, 5.41) is 7.26. The lowest BCUT2D eigenvalue weighted by Crippen LogP contribution is -2.36. The predicted octanol–water partition coefficient (Wildman–Crippen LogP) is -1.76. The van der Waals surface area contributed by atoms with E-state index in [1.807, 2.05) is 0 Å². The Kier molecular flexibility index (Phi) is 2.78. The maximum absolute atomic E-state index is 11.8. The normalized spacial score (nSPS) is 14.6. The van der Waals surface area contributed by atoms with Gasteiger partial charge in [0.05, 0.1) is 6.54 Å². The number of rotatable bonds is 2. The molecule has 7 heteroatoms. The third-order valence-corrected chi connectivity index (χ3v) is 2.58. The van der Waals surface area contributed by atoms with Crippen LogP contribution in [0, 0.1) is 0 Å². The molecule has 2 rings (SSSR count). The Balaban J connectivity index is 2.26. The Morgan fingerprint density at radius 3 is 2.94 bits per heavy atom. The van der Waals surface area contributed by atoms with Gasteiger partial charge in [-0.25, -0.2) is 9.48 Å². The largest absolute Gasteiger partial charge is 0.347 e. The lowest BCUT2D eigenvalue weighted by molar-refractivity contribution is -0.129. The van der Waals surface area contributed by atoms with Crippen LogP contribution in [0.25, 0.3) is 0 Å². The summed E-state index contributed by atoms with van der Waals surface area (Å²) in [6.07, 6.45) is 0. The van der Waals surface area contributed by atoms with Crippen LogP contribution in [0.1, 0.15) is 5.82 Å². The van der Waals surface area contributed by atoms with Crippen molar-refractivity contribution in [3.63, 3.8) is 0 Å². The number of amides is 1. The highest BCUT2D eigenvalue weighted by Crippen LogP contribution is 1.97. The lowest BCUT2D eigenvalue weighted by Gasteiger charge is -2.11. The van der Waals surface area contributed by atoms with Gasteiger partial charge in [0.25, 0.3) is 0 Å². The molecule has 0 radical (unpaired) electrons. The standard InChI is InChI=1S/C9H15N5O2/c1-12(2)8(15)6-14-9(16)13-4-3-10-5-7(13)11-14/h10H,3-6H2,1-2H3. The number of likely N-dealkylation sites (N-methyl/N-ethyl adjacent to an activating group) is 1. The molecule has 1 N–H and O–H groups in total. The Morgan fingerprint density at radius 1 is 1.56 bits per heavy atom. The SMILES string of the molecule is CN(C)C(=O)Cn1nc2n(c1=O)CCNC2. The van der Waals surface area contributed by atoms with Gasteiger partial charge in [0.2, 0.25) is 5.91 Å². The summed E-state index contributed by atoms with van der Waals surface area (Å²) in [5.41, 5.74) is -0.202. The Morgan fingerprint density at radius 2 is 2.31 bits per heavy atom. The van der Waals surface area contributed by atoms with E-state index in [0.717, 1.165) is 6.54 Å². The second-order valence-corrected chi connectivity index (χ2v) is 3.97. The molecular weight excluding hydrogens is 210 g/mol. The average Bonchev–Trinajstić information content (AvgIpc) is 2.56. The van der Waals surface area contributed by atoms with Crippen molar-refractivity contribution in [2.75, 3.05) is 20.6 Å². The zero-order chi connectivity index (χ0) is 11.7. The van der Waals surface area contributed by atoms with Crippen LogP contribution in [0.2, 0.25) is 0 Å². The maximum Gasteiger partial charge on any atom is 0.346 e. The fourth-order valence-corrected chi connectivity index (χ4v) is 1.60. The first kappa shape index (κ1) is 10.9. The molecule has 0 unspecified atom stereocenters. The molecule has 1 aromatic heterocycles. The van der Waals surface area contributed by atoms with Crippen LogP contribution in [0.3, 0.4) is 0 Å². The van der Waals surface area contributed by atoms with E-state index >= 15 is 0 Å². The van der Waals surface area contributed by atoms with Gasteiger partial charge in [-0.3, -0.25) is 9.36 Å². The number of fused-ring (bicyclic) bond motifs is 1. The summed E-state index contributed by atoms with van der Waals surface area (Å²) in [6, 6.07) is 0. The van der Waals surface area contributed by atoms with E-state index in [-0.39, 0.29) is 18.1 Å². The van der Waals surface area contributed by atoms with E-state index < -0.39 is 0 Å². The van der Waals surface area contributed by atoms with Gasteiger partial charge < -0.3 is 10.2 Å². The average molecular weight is 225 g/mol. The Bertz CT molecular complexity index is 459. The lowest BCUT2D eigenvalue weighted by atomic mass is 10.4. The van der Waals surface area contributed by atoms with Crippen LogP contribution >= 0.6 is 0 Å². The summed E-state index contributed by atoms with van der Waals surface area (Å²) < 4.78 is 2.84. The van der Waals surface area contributed by atoms with E-state index in [1.54, 1.807) is 18.7 Å². The molecule has 1 amide bonds. The van der Waals surface area contributed by atoms with Gasteiger partial charge in [-0.1, -0.05) is 0 Å². The molecule has 0 fully saturated rings. The van der Waals surface area contributed by atoms with E-state index in [4.69, 9.17) is 0 Å². The molecule has 1 aliphatic heterocycles. The summed E-state index contributed by atoms with van der Waals surface area (Å²) >= 11 is 0. The Hall–Kier alpha value is -1.63. The van der Waals surface area contributed by atoms with E-state index in [1.165, 1.54) is 9.58 Å². The smallest absolute Gasteiger partial charge is 0.346 e. The highest BCUT2D eigenvalue weighted by molar-refractivity contribution is 5.75. The molecule has 0 bridgehead atoms. The predicted molar refractivity (Wildman–Crippen MR) is 56.9 cm³/mol. The van der Waals surface area contributed by atoms with Crippen molar-refractivity contribution in [3.05, 3.63) is 16.3 Å². The molecule has 0 saturated heterocycles. The molecule has 1 aliphatic rings. The molecule has 0 saturated carbocycles. The number of hydrogen-bond donors (Lipinski definition) is 1. The van der Waals surface area contributed by atoms with Gasteiger partial charge in [-0.15, -0.1) is 0 Å². The molecule has 0 aromatic carbocycles. The third-order valence-electron chi connectivity index (χ3n) is 2.58. The van der Waals surface area contributed by atoms with Gasteiger partial charge >= 0.3 is 5.69 Å². The van der Waals surface area contributed by atoms with Gasteiger partial charge in [0.1, 0.15) is 12.4 Å². The number of carbonyl (C=O) groups is 1. The maximum atomic E-state index is 11.8. The fraction of sp³-hybridized carbons (Fsp3) is 0.667. The van der Waals surface area contributed by atoms with Crippen molar-refractivity contribution in [1.82, 2.24) is 24.6 Å². The zero-order valence-corrected chi connectivity index (χ0v) is 9.43. The number of carbonyl (C=O) groups excluding carboxylic acids is 1. The van der Waals surface area contributed by atoms with Crippen molar-refractivity contribution < 1.29 is 4.79 Å². The molecule has 1 aromatic rings. The minimum Gasteiger partial charge on any atom is -0.347 e. The second-order valence-electron chi connectivity index (χ2n) is 3.97. The molecule has 16 heavy (non-hydrogen) atoms. The van der Waals surface area contributed by atoms with E-state index in [2.05, 4.69) is 10.4 Å². The zero-order valence-electron chi connectivity index (χ0n) is 9.43. The van der Waals surface area contributed by atoms with Crippen LogP contribution in [0.4, 0.5) is 0 Å². The van der Waals surface area contributed by atoms with E-state index in [0.29, 0.717) is 18.9 Å². The van der Waals surface area contributed by atoms with Crippen molar-refractivity contribution >= 4 is 5.91 Å². The van der Waals surface area contributed by atoms with Gasteiger partial charge in [0.15, 0.2) is 0 Å². The molecule has 0 spiro atoms. The monoisotopic (exact) mass is 225 g/mol. The molecular formula is C9H15N5O2. The van der Waals surface area contributed by atoms with Crippen LogP contribution in [0.15, 0.2) is 4.79 Å². The van der Waals surface area contributed by atoms with Crippen LogP contribution in [-0.4, -0.2) is 45.8 Å². The van der Waals surface area contributed by atoms with Crippen molar-refractivity contribution in [2.45, 2.75) is 19.6 Å². The molecule has 7 nitrogen and oxygen atoms in total. The summed E-state index contributed by atoms with van der Waals surface area (Å²) in [5.74, 6) is 0.563. The first-order valence-electron chi connectivity index (χ1n) is 5.17. The molecule has 2 heterocycles. The van der Waals surface area contributed by atoms with Crippen molar-refractivity contribution in [3.8, 4) is 0 Å². The minimum absolute atomic E-state index is 0.00579. The van der Waals surface area contributed by atoms with Gasteiger partial charge in [-0.05, 0) is 0 Å². The summed E-state index contributed by atoms with van der Waals surface area (Å²) in [7, 11) is 3.32. The highest BCUT2D eigenvalue weighted by Gasteiger charge is 2.18.